The quantitative estimate of drug-likeness (QED) is 0.428. The van der Waals surface area contributed by atoms with Crippen molar-refractivity contribution in [3.8, 4) is 0 Å². The van der Waals surface area contributed by atoms with Gasteiger partial charge in [-0.1, -0.05) is 0 Å². The summed E-state index contributed by atoms with van der Waals surface area (Å²) in [5, 5.41) is 12.2. The van der Waals surface area contributed by atoms with Crippen LogP contribution < -0.4 is 16.3 Å². The van der Waals surface area contributed by atoms with Gasteiger partial charge in [-0.3, -0.25) is 9.59 Å². The lowest BCUT2D eigenvalue weighted by Crippen LogP contribution is -3.08. The summed E-state index contributed by atoms with van der Waals surface area (Å²) in [5.74, 6) is 2.29. The van der Waals surface area contributed by atoms with Crippen LogP contribution in [0.3, 0.4) is 0 Å². The zero-order valence-corrected chi connectivity index (χ0v) is 8.40. The molecule has 0 aromatic heterocycles. The van der Waals surface area contributed by atoms with Gasteiger partial charge in [-0.05, 0) is 0 Å². The number of hydroxylamine groups is 2. The maximum absolute atomic E-state index is 11.2. The molecule has 8 nitrogen and oxygen atoms in total. The van der Waals surface area contributed by atoms with Gasteiger partial charge in [-0.25, -0.2) is 4.79 Å². The number of carbonyl (C=O) groups is 3. The van der Waals surface area contributed by atoms with Crippen molar-refractivity contribution in [2.75, 3.05) is 7.05 Å². The van der Waals surface area contributed by atoms with E-state index in [2.05, 4.69) is 16.1 Å². The van der Waals surface area contributed by atoms with Crippen LogP contribution >= 0.6 is 0 Å². The molecule has 2 amide bonds. The summed E-state index contributed by atoms with van der Waals surface area (Å²) in [7, 11) is 1.05. The molecule has 0 aromatic carbocycles. The van der Waals surface area contributed by atoms with E-state index in [1.807, 2.05) is 0 Å². The number of nitrogens with two attached hydrogens (primary N) is 1. The number of carbonyl (C=O) groups excluding carboxylic acids is 3. The zero-order valence-electron chi connectivity index (χ0n) is 8.40. The first-order valence-electron chi connectivity index (χ1n) is 4.10. The predicted octanol–water partition coefficient (Wildman–Crippen LogP) is -3.16. The summed E-state index contributed by atoms with van der Waals surface area (Å²) in [4.78, 5) is 36.5. The molecule has 0 rings (SSSR count). The smallest absolute Gasteiger partial charge is 0.334 e. The summed E-state index contributed by atoms with van der Waals surface area (Å²) in [6, 6.07) is -1.21. The van der Waals surface area contributed by atoms with Gasteiger partial charge in [0.15, 0.2) is 6.04 Å². The molecule has 0 aromatic rings. The maximum Gasteiger partial charge on any atom is 0.334 e. The molecule has 0 fully saturated rings. The predicted molar refractivity (Wildman–Crippen MR) is 47.8 cm³/mol. The van der Waals surface area contributed by atoms with Crippen molar-refractivity contribution >= 4 is 17.8 Å². The van der Waals surface area contributed by atoms with Crippen molar-refractivity contribution in [2.24, 2.45) is 5.90 Å². The number of amides is 2. The first-order valence-corrected chi connectivity index (χ1v) is 4.10. The monoisotopic (exact) mass is 219 g/mol. The molecule has 86 valence electrons. The number of nitrogens with one attached hydrogen (secondary N) is 2. The van der Waals surface area contributed by atoms with E-state index < -0.39 is 35.3 Å². The summed E-state index contributed by atoms with van der Waals surface area (Å²) in [6.07, 6.45) is -0.464. The third-order valence-electron chi connectivity index (χ3n) is 1.54. The Kier molecular flexibility index (Phi) is 5.45. The van der Waals surface area contributed by atoms with Gasteiger partial charge >= 0.3 is 11.9 Å². The van der Waals surface area contributed by atoms with Gasteiger partial charge in [0.05, 0.1) is 13.5 Å². The highest BCUT2D eigenvalue weighted by Crippen LogP contribution is 1.92. The minimum Gasteiger partial charge on any atom is -0.627 e. The van der Waals surface area contributed by atoms with Crippen molar-refractivity contribution < 1.29 is 24.3 Å². The standard InChI is InChI=1S/C7H13N3O5/c1-4(11)9-5(3-6(12)15-8)7(13)10(2)14/h5,10H,3,8H2,1-2H3,(H,9,11). The van der Waals surface area contributed by atoms with Gasteiger partial charge < -0.3 is 20.4 Å². The third-order valence-corrected chi connectivity index (χ3v) is 1.54. The molecule has 0 aliphatic rings. The van der Waals surface area contributed by atoms with Gasteiger partial charge in [0.2, 0.25) is 5.91 Å². The Hall–Kier alpha value is -1.51. The normalized spacial score (nSPS) is 13.9. The topological polar surface area (TPSA) is 126 Å². The molecular formula is C7H13N3O5. The van der Waals surface area contributed by atoms with Crippen LogP contribution in [0.2, 0.25) is 0 Å². The van der Waals surface area contributed by atoms with Crippen LogP contribution in [-0.2, 0) is 19.2 Å². The highest BCUT2D eigenvalue weighted by molar-refractivity contribution is 5.86. The van der Waals surface area contributed by atoms with Crippen LogP contribution in [-0.4, -0.2) is 30.9 Å². The molecule has 0 saturated heterocycles. The van der Waals surface area contributed by atoms with Crippen molar-refractivity contribution in [1.82, 2.24) is 5.32 Å². The Morgan fingerprint density at radius 1 is 1.53 bits per heavy atom. The number of rotatable bonds is 4. The lowest BCUT2D eigenvalue weighted by molar-refractivity contribution is -0.741. The van der Waals surface area contributed by atoms with Crippen molar-refractivity contribution in [3.63, 3.8) is 0 Å². The van der Waals surface area contributed by atoms with Gasteiger partial charge in [-0.15, -0.1) is 0 Å². The Morgan fingerprint density at radius 3 is 2.40 bits per heavy atom. The molecule has 0 spiro atoms. The zero-order chi connectivity index (χ0) is 12.0. The van der Waals surface area contributed by atoms with E-state index in [1.165, 1.54) is 0 Å². The average molecular weight is 219 g/mol. The Morgan fingerprint density at radius 2 is 2.07 bits per heavy atom. The van der Waals surface area contributed by atoms with E-state index in [9.17, 15) is 19.6 Å². The summed E-state index contributed by atoms with van der Waals surface area (Å²) >= 11 is 0. The van der Waals surface area contributed by atoms with Gasteiger partial charge in [0, 0.05) is 6.92 Å². The van der Waals surface area contributed by atoms with Crippen LogP contribution in [0.5, 0.6) is 0 Å². The second kappa shape index (κ2) is 6.06. The average Bonchev–Trinajstić information content (AvgIpc) is 2.14. The minimum atomic E-state index is -1.21. The Labute approximate surface area is 85.9 Å². The van der Waals surface area contributed by atoms with Gasteiger partial charge in [0.25, 0.3) is 0 Å². The maximum atomic E-state index is 11.2. The third kappa shape index (κ3) is 5.05. The van der Waals surface area contributed by atoms with Crippen LogP contribution in [0, 0.1) is 5.21 Å². The fraction of sp³-hybridized carbons (Fsp3) is 0.571. The second-order valence-electron chi connectivity index (χ2n) is 2.87. The van der Waals surface area contributed by atoms with E-state index in [0.717, 1.165) is 14.0 Å². The fourth-order valence-corrected chi connectivity index (χ4v) is 0.915. The first kappa shape index (κ1) is 13.5. The minimum absolute atomic E-state index is 0.464. The molecule has 4 N–H and O–H groups in total. The lowest BCUT2D eigenvalue weighted by Gasteiger charge is -2.20. The van der Waals surface area contributed by atoms with Crippen molar-refractivity contribution in [2.45, 2.75) is 19.4 Å². The van der Waals surface area contributed by atoms with Crippen LogP contribution in [0.15, 0.2) is 0 Å². The fourth-order valence-electron chi connectivity index (χ4n) is 0.915. The highest BCUT2D eigenvalue weighted by Gasteiger charge is 2.27. The summed E-state index contributed by atoms with van der Waals surface area (Å²) in [6.45, 7) is 1.16. The van der Waals surface area contributed by atoms with Crippen molar-refractivity contribution in [1.29, 1.82) is 0 Å². The number of hydrogen-bond donors (Lipinski definition) is 3. The van der Waals surface area contributed by atoms with Gasteiger partial charge in [-0.2, -0.15) is 5.90 Å². The molecule has 0 heterocycles. The van der Waals surface area contributed by atoms with Crippen LogP contribution in [0.25, 0.3) is 0 Å². The molecular weight excluding hydrogens is 206 g/mol. The van der Waals surface area contributed by atoms with E-state index in [4.69, 9.17) is 0 Å². The Bertz CT molecular complexity index is 265. The molecule has 0 radical (unpaired) electrons. The molecule has 0 aliphatic carbocycles. The van der Waals surface area contributed by atoms with Crippen LogP contribution in [0.1, 0.15) is 13.3 Å². The van der Waals surface area contributed by atoms with Crippen molar-refractivity contribution in [3.05, 3.63) is 5.21 Å². The number of quaternary nitrogens is 1. The number of hydrogen-bond acceptors (Lipinski definition) is 6. The second-order valence-corrected chi connectivity index (χ2v) is 2.87. The molecule has 0 aliphatic heterocycles. The molecule has 15 heavy (non-hydrogen) atoms. The largest absolute Gasteiger partial charge is 0.627 e. The molecule has 8 heteroatoms. The molecule has 2 unspecified atom stereocenters. The van der Waals surface area contributed by atoms with E-state index in [-0.39, 0.29) is 0 Å². The van der Waals surface area contributed by atoms with E-state index in [0.29, 0.717) is 0 Å². The van der Waals surface area contributed by atoms with E-state index in [1.54, 1.807) is 0 Å². The molecule has 0 bridgehead atoms. The molecule has 2 atom stereocenters. The van der Waals surface area contributed by atoms with Gasteiger partial charge in [0.1, 0.15) is 0 Å². The van der Waals surface area contributed by atoms with Crippen LogP contribution in [0.4, 0.5) is 0 Å². The summed E-state index contributed by atoms with van der Waals surface area (Å²) in [5.41, 5.74) is 0. The lowest BCUT2D eigenvalue weighted by atomic mass is 10.2. The SMILES string of the molecule is CC(=O)NC(CC(=O)ON)C(=O)[NH+](C)[O-]. The number of likely N-dealkylation sites (N-methyl/N-ethyl adjacent to an activating group) is 1. The highest BCUT2D eigenvalue weighted by atomic mass is 16.7. The molecule has 0 saturated carbocycles. The van der Waals surface area contributed by atoms with E-state index >= 15 is 0 Å². The Balaban J connectivity index is 4.50. The summed E-state index contributed by atoms with van der Waals surface area (Å²) < 4.78 is 0. The first-order chi connectivity index (χ1) is 6.88.